The molecule has 1 unspecified atom stereocenters. The second-order valence-corrected chi connectivity index (χ2v) is 10.2. The van der Waals surface area contributed by atoms with Crippen LogP contribution in [0.3, 0.4) is 0 Å². The number of unbranched alkanes of at least 4 members (excludes halogenated alkanes) is 2. The Labute approximate surface area is 194 Å². The highest BCUT2D eigenvalue weighted by atomic mass is 16.1. The molecule has 32 heavy (non-hydrogen) atoms. The van der Waals surface area contributed by atoms with E-state index in [1.807, 2.05) is 0 Å². The van der Waals surface area contributed by atoms with Crippen LogP contribution in [0.5, 0.6) is 0 Å². The van der Waals surface area contributed by atoms with Crippen molar-refractivity contribution in [1.29, 1.82) is 5.26 Å². The lowest BCUT2D eigenvalue weighted by molar-refractivity contribution is -0.123. The minimum atomic E-state index is -0.272. The van der Waals surface area contributed by atoms with Crippen LogP contribution in [0.2, 0.25) is 0 Å². The van der Waals surface area contributed by atoms with Crippen LogP contribution in [0, 0.1) is 22.7 Å². The van der Waals surface area contributed by atoms with Gasteiger partial charge in [-0.3, -0.25) is 4.79 Å². The van der Waals surface area contributed by atoms with Crippen LogP contribution in [0.25, 0.3) is 11.1 Å². The van der Waals surface area contributed by atoms with Crippen LogP contribution in [-0.4, -0.2) is 5.78 Å². The molecule has 0 spiro atoms. The van der Waals surface area contributed by atoms with Gasteiger partial charge in [0.1, 0.15) is 5.78 Å². The van der Waals surface area contributed by atoms with Crippen molar-refractivity contribution in [3.8, 4) is 17.2 Å². The summed E-state index contributed by atoms with van der Waals surface area (Å²) in [4.78, 5) is 12.0. The molecular formula is C30H37NO. The summed E-state index contributed by atoms with van der Waals surface area (Å²) in [6.07, 6.45) is 12.4. The third kappa shape index (κ3) is 5.15. The lowest BCUT2D eigenvalue weighted by atomic mass is 9.60. The van der Waals surface area contributed by atoms with E-state index < -0.39 is 0 Å². The molecule has 1 atom stereocenters. The average molecular weight is 428 g/mol. The van der Waals surface area contributed by atoms with Gasteiger partial charge >= 0.3 is 0 Å². The van der Waals surface area contributed by atoms with Crippen molar-refractivity contribution < 1.29 is 4.79 Å². The van der Waals surface area contributed by atoms with Crippen molar-refractivity contribution in [1.82, 2.24) is 0 Å². The number of rotatable bonds is 7. The minimum absolute atomic E-state index is 0.272. The Kier molecular flexibility index (Phi) is 7.46. The first-order valence-electron chi connectivity index (χ1n) is 12.8. The molecule has 0 aliphatic heterocycles. The van der Waals surface area contributed by atoms with E-state index in [4.69, 9.17) is 0 Å². The van der Waals surface area contributed by atoms with Gasteiger partial charge in [-0.2, -0.15) is 5.26 Å². The summed E-state index contributed by atoms with van der Waals surface area (Å²) in [5.74, 6) is 1.18. The second kappa shape index (κ2) is 10.5. The monoisotopic (exact) mass is 427 g/mol. The predicted molar refractivity (Wildman–Crippen MR) is 131 cm³/mol. The maximum atomic E-state index is 12.0. The quantitative estimate of drug-likeness (QED) is 0.420. The van der Waals surface area contributed by atoms with E-state index in [0.717, 1.165) is 38.5 Å². The number of hydrogen-bond donors (Lipinski definition) is 0. The fraction of sp³-hybridized carbons (Fsp3) is 0.533. The molecule has 0 radical (unpaired) electrons. The number of nitrogens with zero attached hydrogens (tertiary/aromatic N) is 1. The molecule has 0 saturated heterocycles. The van der Waals surface area contributed by atoms with Gasteiger partial charge in [0.15, 0.2) is 0 Å². The number of aryl methyl sites for hydroxylation is 1. The number of benzene rings is 2. The largest absolute Gasteiger partial charge is 0.300 e. The van der Waals surface area contributed by atoms with E-state index in [1.165, 1.54) is 47.9 Å². The lowest BCUT2D eigenvalue weighted by Gasteiger charge is -2.42. The first-order valence-corrected chi connectivity index (χ1v) is 12.8. The Bertz CT molecular complexity index is 926. The highest BCUT2D eigenvalue weighted by molar-refractivity contribution is 5.79. The zero-order valence-corrected chi connectivity index (χ0v) is 19.6. The number of ketones is 1. The van der Waals surface area contributed by atoms with Crippen molar-refractivity contribution in [2.24, 2.45) is 11.3 Å². The van der Waals surface area contributed by atoms with E-state index in [9.17, 15) is 10.1 Å². The highest BCUT2D eigenvalue weighted by Gasteiger charge is 2.43. The van der Waals surface area contributed by atoms with Crippen molar-refractivity contribution in [2.45, 2.75) is 89.9 Å². The molecule has 2 aliphatic carbocycles. The van der Waals surface area contributed by atoms with E-state index >= 15 is 0 Å². The van der Waals surface area contributed by atoms with Gasteiger partial charge in [0.2, 0.25) is 0 Å². The molecule has 2 saturated carbocycles. The van der Waals surface area contributed by atoms with E-state index in [0.29, 0.717) is 24.5 Å². The van der Waals surface area contributed by atoms with Gasteiger partial charge in [-0.1, -0.05) is 68.3 Å². The average Bonchev–Trinajstić information content (AvgIpc) is 2.85. The first-order chi connectivity index (χ1) is 15.6. The number of carbonyl (C=O) groups is 1. The molecule has 2 aromatic rings. The number of hydrogen-bond acceptors (Lipinski definition) is 2. The molecule has 2 nitrogen and oxygen atoms in total. The Morgan fingerprint density at radius 3 is 2.19 bits per heavy atom. The maximum Gasteiger partial charge on any atom is 0.133 e. The molecule has 0 bridgehead atoms. The van der Waals surface area contributed by atoms with E-state index in [-0.39, 0.29) is 11.3 Å². The topological polar surface area (TPSA) is 40.9 Å². The second-order valence-electron chi connectivity index (χ2n) is 10.2. The van der Waals surface area contributed by atoms with E-state index in [2.05, 4.69) is 61.5 Å². The Morgan fingerprint density at radius 1 is 0.938 bits per heavy atom. The van der Waals surface area contributed by atoms with Gasteiger partial charge in [0.05, 0.1) is 11.5 Å². The molecule has 2 fully saturated rings. The number of nitriles is 1. The van der Waals surface area contributed by atoms with E-state index in [1.54, 1.807) is 0 Å². The Balaban J connectivity index is 1.37. The molecular weight excluding hydrogens is 390 g/mol. The zero-order chi connectivity index (χ0) is 22.4. The van der Waals surface area contributed by atoms with Crippen LogP contribution in [0.15, 0.2) is 48.5 Å². The van der Waals surface area contributed by atoms with Crippen LogP contribution in [-0.2, 0) is 11.2 Å². The van der Waals surface area contributed by atoms with Gasteiger partial charge in [-0.25, -0.2) is 0 Å². The van der Waals surface area contributed by atoms with Crippen LogP contribution in [0.1, 0.15) is 94.6 Å². The van der Waals surface area contributed by atoms with Crippen molar-refractivity contribution in [3.63, 3.8) is 0 Å². The molecule has 0 aromatic heterocycles. The SMILES string of the molecule is CCCCCc1ccc(-c2ccc(C3CCC(C#N)(C4CCCC(=O)C4)CC3)cc2)cc1. The van der Waals surface area contributed by atoms with Gasteiger partial charge in [0.25, 0.3) is 0 Å². The number of carbonyl (C=O) groups excluding carboxylic acids is 1. The summed E-state index contributed by atoms with van der Waals surface area (Å²) in [5.41, 5.74) is 5.12. The molecule has 0 N–H and O–H groups in total. The summed E-state index contributed by atoms with van der Waals surface area (Å²) in [6.45, 7) is 2.25. The standard InChI is InChI=1S/C30H37NO/c1-2-3-4-6-23-9-11-24(12-10-23)25-13-15-26(16-14-25)27-17-19-30(22-31,20-18-27)28-7-5-8-29(32)21-28/h9-16,27-28H,2-8,17-21H2,1H3. The predicted octanol–water partition coefficient (Wildman–Crippen LogP) is 8.01. The summed E-state index contributed by atoms with van der Waals surface area (Å²) >= 11 is 0. The summed E-state index contributed by atoms with van der Waals surface area (Å²) < 4.78 is 0. The third-order valence-corrected chi connectivity index (χ3v) is 8.10. The smallest absolute Gasteiger partial charge is 0.133 e. The molecule has 2 heteroatoms. The van der Waals surface area contributed by atoms with Gasteiger partial charge in [-0.05, 0) is 85.5 Å². The molecule has 2 aliphatic rings. The normalized spacial score (nSPS) is 25.9. The Hall–Kier alpha value is -2.40. The van der Waals surface area contributed by atoms with Gasteiger partial charge in [0, 0.05) is 12.8 Å². The third-order valence-electron chi connectivity index (χ3n) is 8.10. The lowest BCUT2D eigenvalue weighted by Crippen LogP contribution is -2.36. The van der Waals surface area contributed by atoms with Crippen LogP contribution >= 0.6 is 0 Å². The number of Topliss-reactive ketones (excluding diaryl/α,β-unsaturated/α-hetero) is 1. The van der Waals surface area contributed by atoms with Gasteiger partial charge < -0.3 is 0 Å². The zero-order valence-electron chi connectivity index (χ0n) is 19.6. The molecule has 4 rings (SSSR count). The van der Waals surface area contributed by atoms with Gasteiger partial charge in [-0.15, -0.1) is 0 Å². The molecule has 2 aromatic carbocycles. The summed E-state index contributed by atoms with van der Waals surface area (Å²) in [7, 11) is 0. The fourth-order valence-electron chi connectivity index (χ4n) is 5.96. The van der Waals surface area contributed by atoms with Crippen LogP contribution < -0.4 is 0 Å². The van der Waals surface area contributed by atoms with Crippen molar-refractivity contribution >= 4 is 5.78 Å². The molecule has 0 amide bonds. The molecule has 168 valence electrons. The van der Waals surface area contributed by atoms with Crippen LogP contribution in [0.4, 0.5) is 0 Å². The van der Waals surface area contributed by atoms with Crippen molar-refractivity contribution in [3.05, 3.63) is 59.7 Å². The fourth-order valence-corrected chi connectivity index (χ4v) is 5.96. The Morgan fingerprint density at radius 2 is 1.59 bits per heavy atom. The maximum absolute atomic E-state index is 12.0. The summed E-state index contributed by atoms with van der Waals surface area (Å²) in [6, 6.07) is 20.8. The minimum Gasteiger partial charge on any atom is -0.300 e. The molecule has 0 heterocycles. The highest BCUT2D eigenvalue weighted by Crippen LogP contribution is 2.50. The first kappa shape index (κ1) is 22.8. The summed E-state index contributed by atoms with van der Waals surface area (Å²) in [5, 5.41) is 10.0. The van der Waals surface area contributed by atoms with Crippen molar-refractivity contribution in [2.75, 3.05) is 0 Å².